The van der Waals surface area contributed by atoms with Crippen molar-refractivity contribution >= 4 is 19.8 Å². The second kappa shape index (κ2) is 36.3. The lowest BCUT2D eigenvalue weighted by atomic mass is 10.1. The highest BCUT2D eigenvalue weighted by molar-refractivity contribution is 7.47. The van der Waals surface area contributed by atoms with Crippen LogP contribution in [0.5, 0.6) is 0 Å². The maximum atomic E-state index is 12.5. The van der Waals surface area contributed by atoms with Gasteiger partial charge in [0.1, 0.15) is 6.61 Å². The van der Waals surface area contributed by atoms with Crippen molar-refractivity contribution in [3.63, 3.8) is 0 Å². The molecule has 0 saturated heterocycles. The highest BCUT2D eigenvalue weighted by Crippen LogP contribution is 2.43. The predicted molar refractivity (Wildman–Crippen MR) is 207 cm³/mol. The number of carbonyl (C=O) groups is 2. The number of rotatable bonds is 34. The standard InChI is InChI=1S/C41H69O8P/c1-4-7-9-11-13-15-17-19-21-23-25-27-29-31-33-35-40(42)46-37-39(38-48-50(44,45)47-6-3)49-41(43)36-34-32-30-28-26-24-22-20-18-16-14-12-10-8-5-2/h8,10,13-16,19-22,26,28,39H,4-7,9,11-12,17-18,23-25,27,29-38H2,1-3H3,(H,44,45)/b10-8-,15-13-,16-14-,21-19-,22-20-,28-26-. The van der Waals surface area contributed by atoms with E-state index in [1.165, 1.54) is 25.7 Å². The number of hydrogen-bond acceptors (Lipinski definition) is 7. The van der Waals surface area contributed by atoms with E-state index in [1.807, 2.05) is 0 Å². The van der Waals surface area contributed by atoms with Gasteiger partial charge in [-0.25, -0.2) is 4.57 Å². The number of carbonyl (C=O) groups excluding carboxylic acids is 2. The lowest BCUT2D eigenvalue weighted by Crippen LogP contribution is -2.29. The molecule has 0 aliphatic carbocycles. The van der Waals surface area contributed by atoms with Crippen LogP contribution in [0.25, 0.3) is 0 Å². The maximum Gasteiger partial charge on any atom is 0.472 e. The minimum atomic E-state index is -4.29. The fourth-order valence-electron chi connectivity index (χ4n) is 4.71. The summed E-state index contributed by atoms with van der Waals surface area (Å²) in [5.74, 6) is -0.871. The molecule has 50 heavy (non-hydrogen) atoms. The molecule has 0 heterocycles. The van der Waals surface area contributed by atoms with Gasteiger partial charge in [-0.15, -0.1) is 0 Å². The highest BCUT2D eigenvalue weighted by atomic mass is 31.2. The molecule has 0 aliphatic rings. The predicted octanol–water partition coefficient (Wildman–Crippen LogP) is 11.8. The summed E-state index contributed by atoms with van der Waals surface area (Å²) in [5, 5.41) is 0. The van der Waals surface area contributed by atoms with E-state index < -0.39 is 32.5 Å². The Labute approximate surface area is 304 Å². The number of phosphoric acid groups is 1. The molecular formula is C41H69O8P. The molecule has 0 radical (unpaired) electrons. The summed E-state index contributed by atoms with van der Waals surface area (Å²) in [6, 6.07) is 0. The van der Waals surface area contributed by atoms with Gasteiger partial charge in [-0.2, -0.15) is 0 Å². The van der Waals surface area contributed by atoms with E-state index in [0.717, 1.165) is 77.0 Å². The summed E-state index contributed by atoms with van der Waals surface area (Å²) in [6.45, 7) is 5.24. The Bertz CT molecular complexity index is 1040. The van der Waals surface area contributed by atoms with Gasteiger partial charge in [0.15, 0.2) is 6.10 Å². The number of esters is 2. The largest absolute Gasteiger partial charge is 0.472 e. The normalized spacial score (nSPS) is 14.2. The van der Waals surface area contributed by atoms with E-state index in [2.05, 4.69) is 86.8 Å². The number of phosphoric ester groups is 1. The summed E-state index contributed by atoms with van der Waals surface area (Å²) in [4.78, 5) is 34.6. The molecule has 9 heteroatoms. The number of hydrogen-bond donors (Lipinski definition) is 1. The van der Waals surface area contributed by atoms with Crippen molar-refractivity contribution < 1.29 is 37.6 Å². The van der Waals surface area contributed by atoms with Gasteiger partial charge in [0.2, 0.25) is 0 Å². The first kappa shape index (κ1) is 47.5. The van der Waals surface area contributed by atoms with Crippen molar-refractivity contribution in [1.82, 2.24) is 0 Å². The molecule has 0 spiro atoms. The van der Waals surface area contributed by atoms with Crippen LogP contribution >= 0.6 is 7.82 Å². The minimum Gasteiger partial charge on any atom is -0.462 e. The zero-order valence-electron chi connectivity index (χ0n) is 31.5. The Hall–Kier alpha value is -2.51. The quantitative estimate of drug-likeness (QED) is 0.0303. The summed E-state index contributed by atoms with van der Waals surface area (Å²) in [6.07, 6.45) is 43.8. The van der Waals surface area contributed by atoms with Crippen LogP contribution in [0.2, 0.25) is 0 Å². The fourth-order valence-corrected chi connectivity index (χ4v) is 5.46. The first-order chi connectivity index (χ1) is 24.3. The summed E-state index contributed by atoms with van der Waals surface area (Å²) in [5.41, 5.74) is 0. The van der Waals surface area contributed by atoms with Crippen LogP contribution in [0.15, 0.2) is 72.9 Å². The van der Waals surface area contributed by atoms with Crippen molar-refractivity contribution in [3.05, 3.63) is 72.9 Å². The molecule has 0 aromatic carbocycles. The van der Waals surface area contributed by atoms with Gasteiger partial charge >= 0.3 is 19.8 Å². The van der Waals surface area contributed by atoms with E-state index >= 15 is 0 Å². The Morgan fingerprint density at radius 2 is 1.02 bits per heavy atom. The van der Waals surface area contributed by atoms with E-state index in [-0.39, 0.29) is 26.1 Å². The first-order valence-electron chi connectivity index (χ1n) is 19.2. The second-order valence-electron chi connectivity index (χ2n) is 12.2. The van der Waals surface area contributed by atoms with E-state index in [0.29, 0.717) is 12.8 Å². The lowest BCUT2D eigenvalue weighted by molar-refractivity contribution is -0.161. The van der Waals surface area contributed by atoms with Crippen LogP contribution in [-0.4, -0.2) is 42.8 Å². The van der Waals surface area contributed by atoms with Crippen LogP contribution < -0.4 is 0 Å². The molecule has 2 atom stereocenters. The molecule has 0 amide bonds. The first-order valence-corrected chi connectivity index (χ1v) is 20.7. The zero-order valence-corrected chi connectivity index (χ0v) is 32.4. The molecule has 1 N–H and O–H groups in total. The Morgan fingerprint density at radius 3 is 1.58 bits per heavy atom. The third-order valence-electron chi connectivity index (χ3n) is 7.50. The Kier molecular flexibility index (Phi) is 34.5. The number of ether oxygens (including phenoxy) is 2. The van der Waals surface area contributed by atoms with E-state index in [9.17, 15) is 19.0 Å². The van der Waals surface area contributed by atoms with Crippen molar-refractivity contribution in [2.24, 2.45) is 0 Å². The zero-order chi connectivity index (χ0) is 36.8. The Morgan fingerprint density at radius 1 is 0.560 bits per heavy atom. The third kappa shape index (κ3) is 35.3. The van der Waals surface area contributed by atoms with Gasteiger partial charge in [-0.1, -0.05) is 119 Å². The number of allylic oxidation sites excluding steroid dienone is 12. The number of unbranched alkanes of at least 4 members (excludes halogenated alkanes) is 10. The molecule has 286 valence electrons. The molecule has 2 unspecified atom stereocenters. The summed E-state index contributed by atoms with van der Waals surface area (Å²) < 4.78 is 32.5. The molecule has 0 saturated carbocycles. The van der Waals surface area contributed by atoms with Crippen LogP contribution in [0.4, 0.5) is 0 Å². The van der Waals surface area contributed by atoms with Gasteiger partial charge in [-0.3, -0.25) is 18.6 Å². The SMILES string of the molecule is CC/C=C\C/C=C\C/C=C\C/C=C\CCCCC(=O)OC(COC(=O)CCCCCCC/C=C\C/C=C\CCCCC)COP(=O)(O)OCC. The molecule has 0 aliphatic heterocycles. The van der Waals surface area contributed by atoms with Gasteiger partial charge in [0.05, 0.1) is 13.2 Å². The summed E-state index contributed by atoms with van der Waals surface area (Å²) in [7, 11) is -4.29. The van der Waals surface area contributed by atoms with Crippen LogP contribution in [-0.2, 0) is 32.7 Å². The lowest BCUT2D eigenvalue weighted by Gasteiger charge is -2.19. The van der Waals surface area contributed by atoms with Crippen LogP contribution in [0.1, 0.15) is 149 Å². The highest BCUT2D eigenvalue weighted by Gasteiger charge is 2.25. The molecule has 0 bridgehead atoms. The Balaban J connectivity index is 4.27. The smallest absolute Gasteiger partial charge is 0.462 e. The second-order valence-corrected chi connectivity index (χ2v) is 13.7. The van der Waals surface area contributed by atoms with Crippen molar-refractivity contribution in [2.45, 2.75) is 155 Å². The monoisotopic (exact) mass is 720 g/mol. The van der Waals surface area contributed by atoms with Gasteiger partial charge in [0.25, 0.3) is 0 Å². The molecule has 0 fully saturated rings. The van der Waals surface area contributed by atoms with Crippen molar-refractivity contribution in [3.8, 4) is 0 Å². The van der Waals surface area contributed by atoms with Crippen LogP contribution in [0.3, 0.4) is 0 Å². The third-order valence-corrected chi connectivity index (χ3v) is 8.56. The average Bonchev–Trinajstić information content (AvgIpc) is 3.09. The van der Waals surface area contributed by atoms with E-state index in [4.69, 9.17) is 18.5 Å². The molecule has 0 aromatic rings. The topological polar surface area (TPSA) is 108 Å². The van der Waals surface area contributed by atoms with E-state index in [1.54, 1.807) is 6.92 Å². The van der Waals surface area contributed by atoms with Crippen LogP contribution in [0, 0.1) is 0 Å². The molecule has 0 rings (SSSR count). The molecular weight excluding hydrogens is 651 g/mol. The van der Waals surface area contributed by atoms with Gasteiger partial charge in [0, 0.05) is 12.8 Å². The molecule has 0 aromatic heterocycles. The summed E-state index contributed by atoms with van der Waals surface area (Å²) >= 11 is 0. The van der Waals surface area contributed by atoms with Crippen molar-refractivity contribution in [1.29, 1.82) is 0 Å². The average molecular weight is 721 g/mol. The maximum absolute atomic E-state index is 12.5. The van der Waals surface area contributed by atoms with Crippen molar-refractivity contribution in [2.75, 3.05) is 19.8 Å². The fraction of sp³-hybridized carbons (Fsp3) is 0.659. The van der Waals surface area contributed by atoms with Gasteiger partial charge in [-0.05, 0) is 90.4 Å². The van der Waals surface area contributed by atoms with Gasteiger partial charge < -0.3 is 14.4 Å². The minimum absolute atomic E-state index is 0.0138. The molecule has 8 nitrogen and oxygen atoms in total.